The van der Waals surface area contributed by atoms with Crippen molar-refractivity contribution < 1.29 is 9.53 Å². The van der Waals surface area contributed by atoms with Gasteiger partial charge in [0.2, 0.25) is 5.91 Å². The number of H-pyrrole nitrogens is 1. The summed E-state index contributed by atoms with van der Waals surface area (Å²) in [5, 5.41) is 6.63. The Hall–Kier alpha value is -1.36. The Morgan fingerprint density at radius 3 is 2.94 bits per heavy atom. The van der Waals surface area contributed by atoms with Gasteiger partial charge in [-0.25, -0.2) is 0 Å². The van der Waals surface area contributed by atoms with E-state index in [-0.39, 0.29) is 11.3 Å². The van der Waals surface area contributed by atoms with Gasteiger partial charge in [-0.15, -0.1) is 0 Å². The molecule has 0 saturated carbocycles. The maximum atomic E-state index is 12.0. The average molecular weight is 223 g/mol. The number of rotatable bonds is 4. The average Bonchev–Trinajstić information content (AvgIpc) is 2.74. The number of likely N-dealkylation sites (N-methyl/N-ethyl adjacent to an activating group) is 1. The van der Waals surface area contributed by atoms with E-state index in [4.69, 9.17) is 4.74 Å². The zero-order chi connectivity index (χ0) is 11.6. The molecule has 0 bridgehead atoms. The van der Waals surface area contributed by atoms with Crippen LogP contribution in [0, 0.1) is 5.41 Å². The lowest BCUT2D eigenvalue weighted by atomic mass is 9.87. The molecule has 0 aromatic carbocycles. The molecule has 1 N–H and O–H groups in total. The van der Waals surface area contributed by atoms with Gasteiger partial charge in [0.05, 0.1) is 24.8 Å². The minimum absolute atomic E-state index is 0.169. The maximum absolute atomic E-state index is 12.0. The summed E-state index contributed by atoms with van der Waals surface area (Å²) in [6, 6.07) is 0. The van der Waals surface area contributed by atoms with Gasteiger partial charge in [-0.05, 0) is 18.9 Å². The molecule has 0 radical (unpaired) electrons. The van der Waals surface area contributed by atoms with Crippen molar-refractivity contribution in [3.8, 4) is 0 Å². The SMILES string of the molecule is CN(CCc1cn[nH]c1)C(=O)C1(C)COC1. The Labute approximate surface area is 94.8 Å². The van der Waals surface area contributed by atoms with E-state index in [2.05, 4.69) is 10.2 Å². The van der Waals surface area contributed by atoms with Crippen molar-refractivity contribution in [3.63, 3.8) is 0 Å². The molecule has 1 aliphatic rings. The second-order valence-corrected chi connectivity index (χ2v) is 4.64. The number of nitrogens with one attached hydrogen (secondary N) is 1. The molecule has 1 aliphatic heterocycles. The topological polar surface area (TPSA) is 58.2 Å². The van der Waals surface area contributed by atoms with Crippen molar-refractivity contribution in [2.24, 2.45) is 5.41 Å². The van der Waals surface area contributed by atoms with Crippen LogP contribution in [0.1, 0.15) is 12.5 Å². The Kier molecular flexibility index (Phi) is 2.96. The Morgan fingerprint density at radius 1 is 1.69 bits per heavy atom. The van der Waals surface area contributed by atoms with E-state index in [1.165, 1.54) is 0 Å². The van der Waals surface area contributed by atoms with Gasteiger partial charge in [-0.1, -0.05) is 0 Å². The molecular formula is C11H17N3O2. The van der Waals surface area contributed by atoms with Gasteiger partial charge in [0.1, 0.15) is 0 Å². The van der Waals surface area contributed by atoms with Crippen molar-refractivity contribution in [2.75, 3.05) is 26.8 Å². The minimum atomic E-state index is -0.300. The molecule has 16 heavy (non-hydrogen) atoms. The van der Waals surface area contributed by atoms with Crippen LogP contribution in [0.5, 0.6) is 0 Å². The molecule has 2 rings (SSSR count). The quantitative estimate of drug-likeness (QED) is 0.806. The van der Waals surface area contributed by atoms with E-state index in [0.29, 0.717) is 19.8 Å². The monoisotopic (exact) mass is 223 g/mol. The number of hydrogen-bond donors (Lipinski definition) is 1. The van der Waals surface area contributed by atoms with Crippen LogP contribution >= 0.6 is 0 Å². The molecule has 5 nitrogen and oxygen atoms in total. The Bertz CT molecular complexity index is 357. The number of amides is 1. The third-order valence-corrected chi connectivity index (χ3v) is 3.00. The Morgan fingerprint density at radius 2 is 2.44 bits per heavy atom. The standard InChI is InChI=1S/C11H17N3O2/c1-11(7-16-8-11)10(15)14(2)4-3-9-5-12-13-6-9/h5-6H,3-4,7-8H2,1-2H3,(H,12,13). The fraction of sp³-hybridized carbons (Fsp3) is 0.636. The van der Waals surface area contributed by atoms with Crippen LogP contribution in [-0.2, 0) is 16.0 Å². The van der Waals surface area contributed by atoms with Crippen LogP contribution in [0.3, 0.4) is 0 Å². The Balaban J connectivity index is 1.83. The fourth-order valence-corrected chi connectivity index (χ4v) is 1.81. The van der Waals surface area contributed by atoms with E-state index in [1.807, 2.05) is 20.2 Å². The first kappa shape index (κ1) is 11.1. The molecule has 1 aromatic rings. The highest BCUT2D eigenvalue weighted by molar-refractivity contribution is 5.83. The zero-order valence-corrected chi connectivity index (χ0v) is 9.69. The minimum Gasteiger partial charge on any atom is -0.379 e. The number of ether oxygens (including phenoxy) is 1. The van der Waals surface area contributed by atoms with E-state index in [0.717, 1.165) is 12.0 Å². The van der Waals surface area contributed by atoms with Crippen LogP contribution < -0.4 is 0 Å². The van der Waals surface area contributed by atoms with Gasteiger partial charge in [-0.2, -0.15) is 5.10 Å². The van der Waals surface area contributed by atoms with Gasteiger partial charge < -0.3 is 9.64 Å². The molecular weight excluding hydrogens is 206 g/mol. The smallest absolute Gasteiger partial charge is 0.232 e. The predicted octanol–water partition coefficient (Wildman–Crippen LogP) is 0.447. The van der Waals surface area contributed by atoms with E-state index in [9.17, 15) is 4.79 Å². The summed E-state index contributed by atoms with van der Waals surface area (Å²) in [6.07, 6.45) is 4.47. The van der Waals surface area contributed by atoms with E-state index < -0.39 is 0 Å². The lowest BCUT2D eigenvalue weighted by Crippen LogP contribution is -2.52. The number of carbonyl (C=O) groups is 1. The number of hydrogen-bond acceptors (Lipinski definition) is 3. The van der Waals surface area contributed by atoms with Gasteiger partial charge in [0.25, 0.3) is 0 Å². The lowest BCUT2D eigenvalue weighted by molar-refractivity contribution is -0.167. The van der Waals surface area contributed by atoms with Crippen LogP contribution in [0.15, 0.2) is 12.4 Å². The second-order valence-electron chi connectivity index (χ2n) is 4.64. The molecule has 1 saturated heterocycles. The zero-order valence-electron chi connectivity index (χ0n) is 9.69. The lowest BCUT2D eigenvalue weighted by Gasteiger charge is -2.39. The second kappa shape index (κ2) is 4.25. The number of carbonyl (C=O) groups excluding carboxylic acids is 1. The fourth-order valence-electron chi connectivity index (χ4n) is 1.81. The molecule has 88 valence electrons. The van der Waals surface area contributed by atoms with Crippen molar-refractivity contribution in [1.82, 2.24) is 15.1 Å². The van der Waals surface area contributed by atoms with Crippen LogP contribution in [0.2, 0.25) is 0 Å². The van der Waals surface area contributed by atoms with Gasteiger partial charge in [0.15, 0.2) is 0 Å². The highest BCUT2D eigenvalue weighted by Crippen LogP contribution is 2.28. The number of nitrogens with zero attached hydrogens (tertiary/aromatic N) is 2. The van der Waals surface area contributed by atoms with Crippen LogP contribution in [-0.4, -0.2) is 47.8 Å². The summed E-state index contributed by atoms with van der Waals surface area (Å²) in [7, 11) is 1.84. The van der Waals surface area contributed by atoms with Gasteiger partial charge in [0, 0.05) is 19.8 Å². The summed E-state index contributed by atoms with van der Waals surface area (Å²) < 4.78 is 5.10. The molecule has 2 heterocycles. The predicted molar refractivity (Wildman–Crippen MR) is 58.9 cm³/mol. The first-order valence-corrected chi connectivity index (χ1v) is 5.43. The maximum Gasteiger partial charge on any atom is 0.232 e. The molecule has 5 heteroatoms. The number of aromatic nitrogens is 2. The molecule has 1 amide bonds. The summed E-state index contributed by atoms with van der Waals surface area (Å²) >= 11 is 0. The summed E-state index contributed by atoms with van der Waals surface area (Å²) in [5.74, 6) is 0.169. The molecule has 0 aliphatic carbocycles. The van der Waals surface area contributed by atoms with Gasteiger partial charge >= 0.3 is 0 Å². The molecule has 0 atom stereocenters. The highest BCUT2D eigenvalue weighted by Gasteiger charge is 2.42. The summed E-state index contributed by atoms with van der Waals surface area (Å²) in [6.45, 7) is 3.75. The third kappa shape index (κ3) is 2.09. The number of aromatic amines is 1. The van der Waals surface area contributed by atoms with E-state index in [1.54, 1.807) is 11.1 Å². The third-order valence-electron chi connectivity index (χ3n) is 3.00. The molecule has 1 fully saturated rings. The van der Waals surface area contributed by atoms with Crippen LogP contribution in [0.25, 0.3) is 0 Å². The van der Waals surface area contributed by atoms with Crippen molar-refractivity contribution in [3.05, 3.63) is 18.0 Å². The first-order chi connectivity index (χ1) is 7.62. The van der Waals surface area contributed by atoms with E-state index >= 15 is 0 Å². The van der Waals surface area contributed by atoms with Crippen molar-refractivity contribution in [2.45, 2.75) is 13.3 Å². The normalized spacial score (nSPS) is 17.9. The van der Waals surface area contributed by atoms with Crippen LogP contribution in [0.4, 0.5) is 0 Å². The van der Waals surface area contributed by atoms with Crippen molar-refractivity contribution in [1.29, 1.82) is 0 Å². The molecule has 0 spiro atoms. The van der Waals surface area contributed by atoms with Crippen molar-refractivity contribution >= 4 is 5.91 Å². The van der Waals surface area contributed by atoms with Gasteiger partial charge in [-0.3, -0.25) is 9.89 Å². The molecule has 1 aromatic heterocycles. The summed E-state index contributed by atoms with van der Waals surface area (Å²) in [5.41, 5.74) is 0.820. The highest BCUT2D eigenvalue weighted by atomic mass is 16.5. The largest absolute Gasteiger partial charge is 0.379 e. The summed E-state index contributed by atoms with van der Waals surface area (Å²) in [4.78, 5) is 13.8. The first-order valence-electron chi connectivity index (χ1n) is 5.43. The molecule has 0 unspecified atom stereocenters.